The normalized spacial score (nSPS) is 30.0. The molecule has 2 aliphatic heterocycles. The molecule has 0 aromatic heterocycles. The standard InChI is InChI=1S/C15H27N3O2.2ClH/c1-11-14(16-6-9-20-11)15(19)17-13-4-7-18(8-5-13)10-12-2-3-12;;/h11-14,16H,2-10H2,1H3,(H,17,19);2*1H/t11-,14+;;/m1../s1. The molecule has 0 bridgehead atoms. The lowest BCUT2D eigenvalue weighted by Crippen LogP contribution is -2.58. The van der Waals surface area contributed by atoms with Crippen LogP contribution in [0.25, 0.3) is 0 Å². The number of nitrogens with zero attached hydrogens (tertiary/aromatic N) is 1. The summed E-state index contributed by atoms with van der Waals surface area (Å²) in [5.74, 6) is 1.07. The predicted molar refractivity (Wildman–Crippen MR) is 92.0 cm³/mol. The molecule has 3 rings (SSSR count). The molecule has 0 unspecified atom stereocenters. The zero-order chi connectivity index (χ0) is 13.9. The van der Waals surface area contributed by atoms with Gasteiger partial charge in [-0.25, -0.2) is 0 Å². The molecule has 1 amide bonds. The molecule has 2 saturated heterocycles. The predicted octanol–water partition coefficient (Wildman–Crippen LogP) is 1.20. The van der Waals surface area contributed by atoms with E-state index in [2.05, 4.69) is 15.5 Å². The van der Waals surface area contributed by atoms with Crippen LogP contribution < -0.4 is 10.6 Å². The van der Waals surface area contributed by atoms with E-state index in [1.807, 2.05) is 6.92 Å². The lowest BCUT2D eigenvalue weighted by atomic mass is 10.0. The molecule has 2 N–H and O–H groups in total. The second-order valence-corrected chi connectivity index (χ2v) is 6.53. The number of carbonyl (C=O) groups excluding carboxylic acids is 1. The molecule has 0 aromatic rings. The van der Waals surface area contributed by atoms with Crippen LogP contribution in [-0.2, 0) is 9.53 Å². The first kappa shape index (κ1) is 20.0. The summed E-state index contributed by atoms with van der Waals surface area (Å²) in [6.45, 7) is 6.97. The van der Waals surface area contributed by atoms with Gasteiger partial charge in [-0.1, -0.05) is 0 Å². The molecule has 3 aliphatic rings. The van der Waals surface area contributed by atoms with Crippen LogP contribution in [-0.4, -0.2) is 61.8 Å². The zero-order valence-corrected chi connectivity index (χ0v) is 14.9. The second-order valence-electron chi connectivity index (χ2n) is 6.53. The molecular formula is C15H29Cl2N3O2. The number of hydrogen-bond acceptors (Lipinski definition) is 4. The highest BCUT2D eigenvalue weighted by Gasteiger charge is 2.31. The van der Waals surface area contributed by atoms with Crippen molar-refractivity contribution in [1.29, 1.82) is 0 Å². The summed E-state index contributed by atoms with van der Waals surface area (Å²) in [7, 11) is 0. The SMILES string of the molecule is C[C@H]1OCCN[C@@H]1C(=O)NC1CCN(CC2CC2)CC1.Cl.Cl. The summed E-state index contributed by atoms with van der Waals surface area (Å²) in [5.41, 5.74) is 0. The molecule has 0 aromatic carbocycles. The highest BCUT2D eigenvalue weighted by atomic mass is 35.5. The van der Waals surface area contributed by atoms with Crippen molar-refractivity contribution in [3.63, 3.8) is 0 Å². The quantitative estimate of drug-likeness (QED) is 0.797. The van der Waals surface area contributed by atoms with Crippen molar-refractivity contribution in [1.82, 2.24) is 15.5 Å². The first-order valence-corrected chi connectivity index (χ1v) is 8.10. The fourth-order valence-corrected chi connectivity index (χ4v) is 3.24. The van der Waals surface area contributed by atoms with Crippen LogP contribution in [0.1, 0.15) is 32.6 Å². The van der Waals surface area contributed by atoms with Crippen LogP contribution in [0.3, 0.4) is 0 Å². The van der Waals surface area contributed by atoms with Crippen molar-refractivity contribution in [2.45, 2.75) is 50.8 Å². The molecule has 130 valence electrons. The maximum absolute atomic E-state index is 12.3. The van der Waals surface area contributed by atoms with Crippen molar-refractivity contribution < 1.29 is 9.53 Å². The van der Waals surface area contributed by atoms with Gasteiger partial charge in [0, 0.05) is 32.2 Å². The van der Waals surface area contributed by atoms with Gasteiger partial charge < -0.3 is 20.3 Å². The Morgan fingerprint density at radius 1 is 1.23 bits per heavy atom. The van der Waals surface area contributed by atoms with Gasteiger partial charge in [0.1, 0.15) is 6.04 Å². The maximum Gasteiger partial charge on any atom is 0.240 e. The number of amides is 1. The van der Waals surface area contributed by atoms with Gasteiger partial charge in [-0.05, 0) is 38.5 Å². The first-order valence-electron chi connectivity index (χ1n) is 8.10. The Bertz CT molecular complexity index is 348. The summed E-state index contributed by atoms with van der Waals surface area (Å²) >= 11 is 0. The van der Waals surface area contributed by atoms with Gasteiger partial charge in [0.2, 0.25) is 5.91 Å². The van der Waals surface area contributed by atoms with Crippen LogP contribution in [0, 0.1) is 5.92 Å². The van der Waals surface area contributed by atoms with E-state index in [0.29, 0.717) is 12.6 Å². The topological polar surface area (TPSA) is 53.6 Å². The van der Waals surface area contributed by atoms with Gasteiger partial charge in [-0.15, -0.1) is 24.8 Å². The zero-order valence-electron chi connectivity index (χ0n) is 13.3. The number of likely N-dealkylation sites (tertiary alicyclic amines) is 1. The van der Waals surface area contributed by atoms with E-state index in [0.717, 1.165) is 38.4 Å². The molecule has 1 saturated carbocycles. The van der Waals surface area contributed by atoms with Crippen LogP contribution in [0.15, 0.2) is 0 Å². The number of halogens is 2. The van der Waals surface area contributed by atoms with Crippen molar-refractivity contribution in [2.24, 2.45) is 5.92 Å². The highest BCUT2D eigenvalue weighted by molar-refractivity contribution is 5.85. The molecular weight excluding hydrogens is 325 g/mol. The van der Waals surface area contributed by atoms with Gasteiger partial charge >= 0.3 is 0 Å². The Hall–Kier alpha value is -0.0700. The van der Waals surface area contributed by atoms with Crippen LogP contribution >= 0.6 is 24.8 Å². The number of hydrogen-bond donors (Lipinski definition) is 2. The van der Waals surface area contributed by atoms with Gasteiger partial charge in [0.15, 0.2) is 0 Å². The lowest BCUT2D eigenvalue weighted by Gasteiger charge is -2.35. The third-order valence-corrected chi connectivity index (χ3v) is 4.75. The monoisotopic (exact) mass is 353 g/mol. The summed E-state index contributed by atoms with van der Waals surface area (Å²) in [5, 5.41) is 6.45. The van der Waals surface area contributed by atoms with Gasteiger partial charge in [0.25, 0.3) is 0 Å². The van der Waals surface area contributed by atoms with E-state index < -0.39 is 0 Å². The summed E-state index contributed by atoms with van der Waals surface area (Å²) in [6, 6.07) is 0.155. The number of piperidine rings is 1. The van der Waals surface area contributed by atoms with Crippen LogP contribution in [0.4, 0.5) is 0 Å². The van der Waals surface area contributed by atoms with E-state index in [9.17, 15) is 4.79 Å². The average molecular weight is 354 g/mol. The van der Waals surface area contributed by atoms with Crippen molar-refractivity contribution in [3.8, 4) is 0 Å². The van der Waals surface area contributed by atoms with Crippen molar-refractivity contribution >= 4 is 30.7 Å². The number of ether oxygens (including phenoxy) is 1. The number of carbonyl (C=O) groups is 1. The fraction of sp³-hybridized carbons (Fsp3) is 0.933. The molecule has 3 fully saturated rings. The number of morpholine rings is 1. The molecule has 2 atom stereocenters. The molecule has 5 nitrogen and oxygen atoms in total. The second kappa shape index (κ2) is 9.28. The average Bonchev–Trinajstić information content (AvgIpc) is 3.25. The van der Waals surface area contributed by atoms with E-state index in [4.69, 9.17) is 4.74 Å². The third kappa shape index (κ3) is 5.53. The Morgan fingerprint density at radius 2 is 1.91 bits per heavy atom. The minimum Gasteiger partial charge on any atom is -0.375 e. The number of rotatable bonds is 4. The summed E-state index contributed by atoms with van der Waals surface area (Å²) in [6.07, 6.45) is 4.98. The van der Waals surface area contributed by atoms with E-state index in [1.165, 1.54) is 19.4 Å². The Balaban J connectivity index is 0.00000121. The molecule has 0 spiro atoms. The Labute approximate surface area is 145 Å². The van der Waals surface area contributed by atoms with Gasteiger partial charge in [-0.3, -0.25) is 4.79 Å². The highest BCUT2D eigenvalue weighted by Crippen LogP contribution is 2.30. The Morgan fingerprint density at radius 3 is 2.50 bits per heavy atom. The van der Waals surface area contributed by atoms with E-state index in [-0.39, 0.29) is 42.9 Å². The molecule has 2 heterocycles. The Kier molecular flexibility index (Phi) is 8.43. The van der Waals surface area contributed by atoms with E-state index in [1.54, 1.807) is 0 Å². The minimum atomic E-state index is -0.187. The van der Waals surface area contributed by atoms with Gasteiger partial charge in [0.05, 0.1) is 12.7 Å². The molecule has 7 heteroatoms. The van der Waals surface area contributed by atoms with Crippen molar-refractivity contribution in [2.75, 3.05) is 32.8 Å². The first-order chi connectivity index (χ1) is 9.72. The number of nitrogens with one attached hydrogen (secondary N) is 2. The smallest absolute Gasteiger partial charge is 0.240 e. The third-order valence-electron chi connectivity index (χ3n) is 4.75. The summed E-state index contributed by atoms with van der Waals surface area (Å²) in [4.78, 5) is 14.8. The lowest BCUT2D eigenvalue weighted by molar-refractivity contribution is -0.130. The van der Waals surface area contributed by atoms with E-state index >= 15 is 0 Å². The van der Waals surface area contributed by atoms with Crippen LogP contribution in [0.5, 0.6) is 0 Å². The fourth-order valence-electron chi connectivity index (χ4n) is 3.24. The van der Waals surface area contributed by atoms with Crippen LogP contribution in [0.2, 0.25) is 0 Å². The van der Waals surface area contributed by atoms with Gasteiger partial charge in [-0.2, -0.15) is 0 Å². The molecule has 1 aliphatic carbocycles. The minimum absolute atomic E-state index is 0. The largest absolute Gasteiger partial charge is 0.375 e. The molecule has 22 heavy (non-hydrogen) atoms. The summed E-state index contributed by atoms with van der Waals surface area (Å²) < 4.78 is 5.54. The maximum atomic E-state index is 12.3. The molecule has 0 radical (unpaired) electrons. The van der Waals surface area contributed by atoms with Crippen molar-refractivity contribution in [3.05, 3.63) is 0 Å².